The lowest BCUT2D eigenvalue weighted by Crippen LogP contribution is -2.49. The molecular weight excluding hydrogens is 140 g/mol. The maximum absolute atomic E-state index is 11.3. The molecule has 1 fully saturated rings. The first-order valence-electron chi connectivity index (χ1n) is 4.17. The van der Waals surface area contributed by atoms with Gasteiger partial charge in [0, 0.05) is 12.1 Å². The highest BCUT2D eigenvalue weighted by molar-refractivity contribution is 5.80. The van der Waals surface area contributed by atoms with E-state index < -0.39 is 0 Å². The van der Waals surface area contributed by atoms with E-state index in [1.165, 1.54) is 0 Å². The van der Waals surface area contributed by atoms with Gasteiger partial charge in [-0.25, -0.2) is 0 Å². The summed E-state index contributed by atoms with van der Waals surface area (Å²) in [5.74, 6) is 0.205. The fourth-order valence-corrected chi connectivity index (χ4v) is 1.24. The van der Waals surface area contributed by atoms with Gasteiger partial charge < -0.3 is 11.1 Å². The predicted octanol–water partition coefficient (Wildman–Crippen LogP) is 0.248. The Hall–Kier alpha value is -0.570. The number of hydrogen-bond acceptors (Lipinski definition) is 2. The van der Waals surface area contributed by atoms with Gasteiger partial charge >= 0.3 is 0 Å². The van der Waals surface area contributed by atoms with E-state index >= 15 is 0 Å². The molecule has 0 bridgehead atoms. The Morgan fingerprint density at radius 2 is 2.18 bits per heavy atom. The lowest BCUT2D eigenvalue weighted by molar-refractivity contribution is -0.128. The second-order valence-corrected chi connectivity index (χ2v) is 3.51. The minimum Gasteiger partial charge on any atom is -0.354 e. The van der Waals surface area contributed by atoms with Crippen LogP contribution in [0, 0.1) is 5.92 Å². The molecule has 0 saturated heterocycles. The van der Waals surface area contributed by atoms with Gasteiger partial charge in [-0.05, 0) is 26.7 Å². The largest absolute Gasteiger partial charge is 0.354 e. The van der Waals surface area contributed by atoms with Gasteiger partial charge in [0.05, 0.1) is 5.92 Å². The Bertz CT molecular complexity index is 156. The van der Waals surface area contributed by atoms with Crippen molar-refractivity contribution in [3.05, 3.63) is 0 Å². The summed E-state index contributed by atoms with van der Waals surface area (Å²) < 4.78 is 0. The van der Waals surface area contributed by atoms with E-state index in [0.29, 0.717) is 0 Å². The van der Waals surface area contributed by atoms with Crippen molar-refractivity contribution in [2.75, 3.05) is 0 Å². The lowest BCUT2D eigenvalue weighted by atomic mass is 9.79. The van der Waals surface area contributed by atoms with Gasteiger partial charge in [0.15, 0.2) is 0 Å². The average Bonchev–Trinajstić information content (AvgIpc) is 1.82. The molecule has 3 heteroatoms. The van der Waals surface area contributed by atoms with Crippen LogP contribution < -0.4 is 11.1 Å². The van der Waals surface area contributed by atoms with Crippen molar-refractivity contribution in [3.8, 4) is 0 Å². The summed E-state index contributed by atoms with van der Waals surface area (Å²) in [7, 11) is 0. The molecule has 1 aliphatic carbocycles. The topological polar surface area (TPSA) is 55.1 Å². The summed E-state index contributed by atoms with van der Waals surface area (Å²) >= 11 is 0. The van der Waals surface area contributed by atoms with E-state index in [2.05, 4.69) is 5.32 Å². The summed E-state index contributed by atoms with van der Waals surface area (Å²) in [6.45, 7) is 3.92. The van der Waals surface area contributed by atoms with Gasteiger partial charge in [-0.3, -0.25) is 4.79 Å². The van der Waals surface area contributed by atoms with Crippen molar-refractivity contribution in [1.29, 1.82) is 0 Å². The minimum absolute atomic E-state index is 0.0809. The summed E-state index contributed by atoms with van der Waals surface area (Å²) in [5.41, 5.74) is 5.64. The molecule has 0 aromatic carbocycles. The number of carbonyl (C=O) groups excluding carboxylic acids is 1. The second kappa shape index (κ2) is 3.22. The third-order valence-corrected chi connectivity index (χ3v) is 2.10. The van der Waals surface area contributed by atoms with Gasteiger partial charge in [0.25, 0.3) is 0 Å². The van der Waals surface area contributed by atoms with Gasteiger partial charge in [-0.2, -0.15) is 0 Å². The Morgan fingerprint density at radius 1 is 1.55 bits per heavy atom. The van der Waals surface area contributed by atoms with Crippen LogP contribution in [0.15, 0.2) is 0 Å². The molecule has 1 aliphatic rings. The Labute approximate surface area is 67.3 Å². The molecule has 0 aromatic heterocycles. The molecule has 1 saturated carbocycles. The van der Waals surface area contributed by atoms with Gasteiger partial charge in [0.1, 0.15) is 0 Å². The van der Waals surface area contributed by atoms with Crippen molar-refractivity contribution in [1.82, 2.24) is 5.32 Å². The van der Waals surface area contributed by atoms with E-state index in [0.717, 1.165) is 12.8 Å². The van der Waals surface area contributed by atoms with Crippen molar-refractivity contribution in [2.24, 2.45) is 11.7 Å². The van der Waals surface area contributed by atoms with Crippen LogP contribution in [-0.4, -0.2) is 18.0 Å². The first kappa shape index (κ1) is 8.53. The maximum Gasteiger partial charge on any atom is 0.224 e. The number of hydrogen-bond donors (Lipinski definition) is 2. The number of rotatable bonds is 2. The highest BCUT2D eigenvalue weighted by Gasteiger charge is 2.33. The van der Waals surface area contributed by atoms with Gasteiger partial charge in [0.2, 0.25) is 5.91 Å². The molecule has 0 aromatic rings. The molecule has 3 nitrogen and oxygen atoms in total. The predicted molar refractivity (Wildman–Crippen MR) is 44.0 cm³/mol. The zero-order valence-electron chi connectivity index (χ0n) is 7.13. The molecular formula is C8H16N2O. The molecule has 0 heterocycles. The van der Waals surface area contributed by atoms with E-state index in [9.17, 15) is 4.79 Å². The standard InChI is InChI=1S/C8H16N2O/c1-5(2)10-8(11)6-3-4-7(6)9/h5-7H,3-4,9H2,1-2H3,(H,10,11). The van der Waals surface area contributed by atoms with Crippen molar-refractivity contribution >= 4 is 5.91 Å². The van der Waals surface area contributed by atoms with E-state index in [-0.39, 0.29) is 23.9 Å². The number of nitrogens with two attached hydrogens (primary N) is 1. The molecule has 0 radical (unpaired) electrons. The summed E-state index contributed by atoms with van der Waals surface area (Å²) in [4.78, 5) is 11.3. The zero-order chi connectivity index (χ0) is 8.43. The maximum atomic E-state index is 11.3. The highest BCUT2D eigenvalue weighted by atomic mass is 16.2. The van der Waals surface area contributed by atoms with Gasteiger partial charge in [-0.15, -0.1) is 0 Å². The molecule has 2 atom stereocenters. The first-order valence-corrected chi connectivity index (χ1v) is 4.17. The van der Waals surface area contributed by atoms with Crippen molar-refractivity contribution in [3.63, 3.8) is 0 Å². The molecule has 64 valence electrons. The lowest BCUT2D eigenvalue weighted by Gasteiger charge is -2.32. The number of amides is 1. The van der Waals surface area contributed by atoms with Crippen LogP contribution in [0.4, 0.5) is 0 Å². The SMILES string of the molecule is CC(C)NC(=O)C1CCC1N. The number of nitrogens with one attached hydrogen (secondary N) is 1. The highest BCUT2D eigenvalue weighted by Crippen LogP contribution is 2.25. The summed E-state index contributed by atoms with van der Waals surface area (Å²) in [6, 6.07) is 0.337. The quantitative estimate of drug-likeness (QED) is 0.602. The van der Waals surface area contributed by atoms with E-state index in [1.807, 2.05) is 13.8 Å². The van der Waals surface area contributed by atoms with E-state index in [4.69, 9.17) is 5.73 Å². The van der Waals surface area contributed by atoms with Gasteiger partial charge in [-0.1, -0.05) is 0 Å². The minimum atomic E-state index is 0.0809. The third kappa shape index (κ3) is 1.93. The Balaban J connectivity index is 2.30. The molecule has 1 rings (SSSR count). The number of carbonyl (C=O) groups is 1. The van der Waals surface area contributed by atoms with Crippen LogP contribution in [-0.2, 0) is 4.79 Å². The smallest absolute Gasteiger partial charge is 0.224 e. The van der Waals surface area contributed by atoms with Crippen molar-refractivity contribution in [2.45, 2.75) is 38.8 Å². The van der Waals surface area contributed by atoms with Crippen molar-refractivity contribution < 1.29 is 4.79 Å². The summed E-state index contributed by atoms with van der Waals surface area (Å²) in [5, 5.41) is 2.86. The normalized spacial score (nSPS) is 29.8. The molecule has 2 unspecified atom stereocenters. The monoisotopic (exact) mass is 156 g/mol. The molecule has 1 amide bonds. The van der Waals surface area contributed by atoms with Crippen LogP contribution in [0.3, 0.4) is 0 Å². The molecule has 0 aliphatic heterocycles. The zero-order valence-corrected chi connectivity index (χ0v) is 7.13. The molecule has 11 heavy (non-hydrogen) atoms. The van der Waals surface area contributed by atoms with Crippen LogP contribution in [0.1, 0.15) is 26.7 Å². The first-order chi connectivity index (χ1) is 5.11. The fourth-order valence-electron chi connectivity index (χ4n) is 1.24. The van der Waals surface area contributed by atoms with Crippen LogP contribution >= 0.6 is 0 Å². The molecule has 3 N–H and O–H groups in total. The third-order valence-electron chi connectivity index (χ3n) is 2.10. The Morgan fingerprint density at radius 3 is 2.45 bits per heavy atom. The van der Waals surface area contributed by atoms with Crippen LogP contribution in [0.5, 0.6) is 0 Å². The Kier molecular flexibility index (Phi) is 2.49. The molecule has 0 spiro atoms. The van der Waals surface area contributed by atoms with Crippen LogP contribution in [0.2, 0.25) is 0 Å². The fraction of sp³-hybridized carbons (Fsp3) is 0.875. The average molecular weight is 156 g/mol. The van der Waals surface area contributed by atoms with E-state index in [1.54, 1.807) is 0 Å². The second-order valence-electron chi connectivity index (χ2n) is 3.51. The van der Waals surface area contributed by atoms with Crippen LogP contribution in [0.25, 0.3) is 0 Å². The summed E-state index contributed by atoms with van der Waals surface area (Å²) in [6.07, 6.45) is 1.95.